The van der Waals surface area contributed by atoms with Crippen LogP contribution in [0.5, 0.6) is 0 Å². The molecular formula is C19H17ClFNO4S. The molecule has 8 heteroatoms. The van der Waals surface area contributed by atoms with Crippen LogP contribution in [-0.2, 0) is 25.7 Å². The van der Waals surface area contributed by atoms with Crippen LogP contribution in [0.1, 0.15) is 30.4 Å². The summed E-state index contributed by atoms with van der Waals surface area (Å²) in [4.78, 5) is 12.0. The second-order valence-corrected chi connectivity index (χ2v) is 8.99. The molecular weight excluding hydrogens is 393 g/mol. The van der Waals surface area contributed by atoms with E-state index in [-0.39, 0.29) is 10.7 Å². The maximum atomic E-state index is 13.5. The Kier molecular flexibility index (Phi) is 4.39. The fourth-order valence-electron chi connectivity index (χ4n) is 3.66. The van der Waals surface area contributed by atoms with Crippen molar-refractivity contribution in [3.05, 3.63) is 64.4 Å². The average Bonchev–Trinajstić information content (AvgIpc) is 2.49. The molecule has 0 aliphatic heterocycles. The lowest BCUT2D eigenvalue weighted by atomic mass is 9.44. The molecule has 3 aliphatic carbocycles. The van der Waals surface area contributed by atoms with Gasteiger partial charge in [-0.2, -0.15) is 8.42 Å². The van der Waals surface area contributed by atoms with Gasteiger partial charge in [-0.25, -0.2) is 4.39 Å². The Balaban J connectivity index is 1.38. The second kappa shape index (κ2) is 6.49. The van der Waals surface area contributed by atoms with E-state index >= 15 is 0 Å². The highest BCUT2D eigenvalue weighted by atomic mass is 35.5. The minimum Gasteiger partial charge on any atom is -0.329 e. The van der Waals surface area contributed by atoms with Crippen LogP contribution < -0.4 is 4.72 Å². The Labute approximate surface area is 161 Å². The van der Waals surface area contributed by atoms with Gasteiger partial charge in [0, 0.05) is 0 Å². The van der Waals surface area contributed by atoms with Crippen LogP contribution in [-0.4, -0.2) is 14.4 Å². The average molecular weight is 410 g/mol. The largest absolute Gasteiger partial charge is 0.410 e. The highest BCUT2D eigenvalue weighted by molar-refractivity contribution is 7.88. The number of hydrogen-bond donors (Lipinski definition) is 1. The molecule has 0 atom stereocenters. The predicted octanol–water partition coefficient (Wildman–Crippen LogP) is 4.07. The Morgan fingerprint density at radius 3 is 2.33 bits per heavy atom. The van der Waals surface area contributed by atoms with Crippen molar-refractivity contribution in [2.24, 2.45) is 11.3 Å². The topological polar surface area (TPSA) is 72.5 Å². The quantitative estimate of drug-likeness (QED) is 0.780. The van der Waals surface area contributed by atoms with Crippen LogP contribution in [0.4, 0.5) is 10.1 Å². The first-order valence-electron chi connectivity index (χ1n) is 8.54. The van der Waals surface area contributed by atoms with Gasteiger partial charge in [0.15, 0.2) is 0 Å². The summed E-state index contributed by atoms with van der Waals surface area (Å²) in [6, 6.07) is 11.1. The molecule has 2 bridgehead atoms. The maximum absolute atomic E-state index is 13.5. The van der Waals surface area contributed by atoms with Gasteiger partial charge in [0.2, 0.25) is 0 Å². The van der Waals surface area contributed by atoms with Crippen molar-refractivity contribution in [2.45, 2.75) is 25.7 Å². The van der Waals surface area contributed by atoms with Gasteiger partial charge in [-0.05, 0) is 67.0 Å². The molecule has 0 unspecified atom stereocenters. The number of halogens is 2. The third-order valence-corrected chi connectivity index (χ3v) is 6.41. The molecule has 2 aromatic carbocycles. The number of rotatable bonds is 6. The Morgan fingerprint density at radius 2 is 1.78 bits per heavy atom. The molecule has 0 heterocycles. The molecule has 3 aliphatic rings. The zero-order valence-corrected chi connectivity index (χ0v) is 15.8. The zero-order chi connectivity index (χ0) is 19.2. The molecule has 142 valence electrons. The van der Waals surface area contributed by atoms with E-state index in [0.29, 0.717) is 12.3 Å². The van der Waals surface area contributed by atoms with Gasteiger partial charge < -0.3 is 4.18 Å². The first-order valence-corrected chi connectivity index (χ1v) is 10.3. The van der Waals surface area contributed by atoms with Crippen LogP contribution in [0.3, 0.4) is 0 Å². The van der Waals surface area contributed by atoms with Gasteiger partial charge in [-0.15, -0.1) is 0 Å². The molecule has 0 aromatic heterocycles. The van der Waals surface area contributed by atoms with Crippen molar-refractivity contribution < 1.29 is 21.8 Å². The fourth-order valence-corrected chi connectivity index (χ4v) is 4.62. The van der Waals surface area contributed by atoms with Gasteiger partial charge in [0.05, 0.1) is 16.1 Å². The van der Waals surface area contributed by atoms with Gasteiger partial charge >= 0.3 is 16.3 Å². The molecule has 1 N–H and O–H groups in total. The van der Waals surface area contributed by atoms with Crippen molar-refractivity contribution in [2.75, 3.05) is 4.72 Å². The number of carbonyl (C=O) groups excluding carboxylic acids is 1. The summed E-state index contributed by atoms with van der Waals surface area (Å²) < 4.78 is 44.6. The first kappa shape index (κ1) is 18.3. The van der Waals surface area contributed by atoms with Gasteiger partial charge in [-0.1, -0.05) is 29.8 Å². The standard InChI is InChI=1S/C19H17ClFNO4S/c20-16-6-3-13(8-17(16)21)7-12-1-4-15(5-2-12)22-27(24,25)26-18(23)19-9-14(10-19)11-19/h1-6,8,14,22H,7,9-11H2. The van der Waals surface area contributed by atoms with E-state index < -0.39 is 27.5 Å². The van der Waals surface area contributed by atoms with E-state index in [4.69, 9.17) is 15.8 Å². The highest BCUT2D eigenvalue weighted by Crippen LogP contribution is 2.65. The number of nitrogens with one attached hydrogen (secondary N) is 1. The van der Waals surface area contributed by atoms with Gasteiger partial charge in [-0.3, -0.25) is 9.52 Å². The van der Waals surface area contributed by atoms with Crippen LogP contribution in [0, 0.1) is 17.2 Å². The molecule has 3 fully saturated rings. The molecule has 0 spiro atoms. The molecule has 5 rings (SSSR count). The maximum Gasteiger partial charge on any atom is 0.410 e. The lowest BCUT2D eigenvalue weighted by molar-refractivity contribution is -0.180. The monoisotopic (exact) mass is 409 g/mol. The van der Waals surface area contributed by atoms with Crippen molar-refractivity contribution in [3.63, 3.8) is 0 Å². The zero-order valence-electron chi connectivity index (χ0n) is 14.2. The molecule has 0 saturated heterocycles. The smallest absolute Gasteiger partial charge is 0.329 e. The molecule has 27 heavy (non-hydrogen) atoms. The number of anilines is 1. The number of carbonyl (C=O) groups is 1. The van der Waals surface area contributed by atoms with Crippen LogP contribution in [0.25, 0.3) is 0 Å². The normalized spacial score (nSPS) is 23.1. The van der Waals surface area contributed by atoms with Gasteiger partial charge in [0.25, 0.3) is 0 Å². The predicted molar refractivity (Wildman–Crippen MR) is 99.1 cm³/mol. The molecule has 5 nitrogen and oxygen atoms in total. The van der Waals surface area contributed by atoms with Crippen molar-refractivity contribution >= 4 is 33.6 Å². The van der Waals surface area contributed by atoms with Crippen LogP contribution in [0.15, 0.2) is 42.5 Å². The molecule has 2 aromatic rings. The summed E-state index contributed by atoms with van der Waals surface area (Å²) in [5.41, 5.74) is 1.33. The Morgan fingerprint density at radius 1 is 1.15 bits per heavy atom. The van der Waals surface area contributed by atoms with E-state index in [1.165, 1.54) is 12.1 Å². The highest BCUT2D eigenvalue weighted by Gasteiger charge is 2.63. The molecule has 0 radical (unpaired) electrons. The minimum absolute atomic E-state index is 0.0666. The first-order chi connectivity index (χ1) is 12.7. The van der Waals surface area contributed by atoms with Crippen LogP contribution in [0.2, 0.25) is 5.02 Å². The summed E-state index contributed by atoms with van der Waals surface area (Å²) in [6.45, 7) is 0. The van der Waals surface area contributed by atoms with E-state index in [2.05, 4.69) is 4.72 Å². The number of hydrogen-bond acceptors (Lipinski definition) is 4. The summed E-state index contributed by atoms with van der Waals surface area (Å²) in [6.07, 6.45) is 2.64. The lowest BCUT2D eigenvalue weighted by Crippen LogP contribution is -2.57. The minimum atomic E-state index is -4.21. The summed E-state index contributed by atoms with van der Waals surface area (Å²) >= 11 is 5.67. The van der Waals surface area contributed by atoms with E-state index in [0.717, 1.165) is 30.4 Å². The van der Waals surface area contributed by atoms with Crippen molar-refractivity contribution in [3.8, 4) is 0 Å². The Hall–Kier alpha value is -2.12. The van der Waals surface area contributed by atoms with Gasteiger partial charge in [0.1, 0.15) is 5.82 Å². The number of benzene rings is 2. The van der Waals surface area contributed by atoms with E-state index in [1.54, 1.807) is 30.3 Å². The third-order valence-electron chi connectivity index (χ3n) is 5.25. The molecule has 0 amide bonds. The van der Waals surface area contributed by atoms with Crippen LogP contribution >= 0.6 is 11.6 Å². The fraction of sp³-hybridized carbons (Fsp3) is 0.316. The van der Waals surface area contributed by atoms with E-state index in [1.807, 2.05) is 0 Å². The molecule has 3 saturated carbocycles. The third kappa shape index (κ3) is 3.66. The Bertz CT molecular complexity index is 990. The summed E-state index contributed by atoms with van der Waals surface area (Å²) in [5.74, 6) is -0.599. The van der Waals surface area contributed by atoms with E-state index in [9.17, 15) is 17.6 Å². The SMILES string of the molecule is O=C(OS(=O)(=O)Nc1ccc(Cc2ccc(Cl)c(F)c2)cc1)C12CC(C1)C2. The van der Waals surface area contributed by atoms with Crippen molar-refractivity contribution in [1.29, 1.82) is 0 Å². The second-order valence-electron chi connectivity index (χ2n) is 7.31. The summed E-state index contributed by atoms with van der Waals surface area (Å²) in [5, 5.41) is 0.0666. The summed E-state index contributed by atoms with van der Waals surface area (Å²) in [7, 11) is -4.21. The lowest BCUT2D eigenvalue weighted by Gasteiger charge is -2.58. The van der Waals surface area contributed by atoms with Crippen molar-refractivity contribution in [1.82, 2.24) is 0 Å².